The normalized spacial score (nSPS) is 14.8. The molecule has 0 aliphatic rings. The van der Waals surface area contributed by atoms with Crippen LogP contribution in [0.5, 0.6) is 0 Å². The molecule has 0 N–H and O–H groups in total. The van der Waals surface area contributed by atoms with Crippen molar-refractivity contribution in [2.45, 2.75) is 31.6 Å². The van der Waals surface area contributed by atoms with Gasteiger partial charge in [0.15, 0.2) is 5.41 Å². The predicted molar refractivity (Wildman–Crippen MR) is 60.3 cm³/mol. The lowest BCUT2D eigenvalue weighted by Gasteiger charge is -2.34. The third kappa shape index (κ3) is 4.46. The monoisotopic (exact) mass is 224 g/mol. The molecule has 0 aromatic rings. The smallest absolute Gasteiger partial charge is 0.175 e. The fraction of sp³-hybridized carbons (Fsp3) is 1.00. The van der Waals surface area contributed by atoms with Gasteiger partial charge in [-0.1, -0.05) is 0 Å². The highest BCUT2D eigenvalue weighted by molar-refractivity contribution is 7.80. The molecular weight excluding hydrogens is 204 g/mol. The molecule has 0 saturated carbocycles. The Bertz CT molecular complexity index is 129. The van der Waals surface area contributed by atoms with Crippen LogP contribution in [-0.2, 0) is 14.2 Å². The van der Waals surface area contributed by atoms with Gasteiger partial charge in [0.05, 0.1) is 10.2 Å². The van der Waals surface area contributed by atoms with E-state index in [0.717, 1.165) is 10.2 Å². The first-order valence-corrected chi connectivity index (χ1v) is 6.19. The van der Waals surface area contributed by atoms with E-state index in [1.807, 2.05) is 20.8 Å². The third-order valence-corrected chi connectivity index (χ3v) is 3.84. The largest absolute Gasteiger partial charge is 0.363 e. The molecule has 0 amide bonds. The minimum atomic E-state index is -0.609. The summed E-state index contributed by atoms with van der Waals surface area (Å²) in [6.07, 6.45) is 0. The van der Waals surface area contributed by atoms with E-state index in [9.17, 15) is 0 Å². The van der Waals surface area contributed by atoms with Gasteiger partial charge in [-0.05, 0) is 20.8 Å². The topological polar surface area (TPSA) is 27.7 Å². The zero-order valence-electron chi connectivity index (χ0n) is 8.87. The Morgan fingerprint density at radius 1 is 1.15 bits per heavy atom. The highest BCUT2D eigenvalue weighted by Gasteiger charge is 2.33. The van der Waals surface area contributed by atoms with Gasteiger partial charge in [-0.15, -0.1) is 12.6 Å². The maximum absolute atomic E-state index is 5.52. The summed E-state index contributed by atoms with van der Waals surface area (Å²) in [5, 5.41) is 0. The molecular formula is C8H20O3SSi. The van der Waals surface area contributed by atoms with Gasteiger partial charge in [0.1, 0.15) is 5.44 Å². The van der Waals surface area contributed by atoms with E-state index in [0.29, 0.717) is 19.8 Å². The highest BCUT2D eigenvalue weighted by atomic mass is 32.1. The predicted octanol–water partition coefficient (Wildman–Crippen LogP) is 0.371. The molecule has 0 aliphatic heterocycles. The summed E-state index contributed by atoms with van der Waals surface area (Å²) in [7, 11) is 0.740. The molecule has 0 radical (unpaired) electrons. The SMILES string of the molecule is CCOC(S)C([SiH3])(OCC)OCC. The zero-order chi connectivity index (χ0) is 10.3. The van der Waals surface area contributed by atoms with Crippen molar-refractivity contribution in [3.05, 3.63) is 0 Å². The van der Waals surface area contributed by atoms with E-state index in [1.165, 1.54) is 0 Å². The van der Waals surface area contributed by atoms with E-state index in [-0.39, 0.29) is 5.44 Å². The Morgan fingerprint density at radius 2 is 1.62 bits per heavy atom. The molecule has 0 aliphatic carbocycles. The fourth-order valence-electron chi connectivity index (χ4n) is 1.07. The van der Waals surface area contributed by atoms with E-state index in [2.05, 4.69) is 12.6 Å². The van der Waals surface area contributed by atoms with Crippen molar-refractivity contribution in [2.75, 3.05) is 19.8 Å². The van der Waals surface area contributed by atoms with Gasteiger partial charge in [-0.2, -0.15) is 0 Å². The van der Waals surface area contributed by atoms with Crippen LogP contribution in [0.1, 0.15) is 20.8 Å². The fourth-order valence-corrected chi connectivity index (χ4v) is 2.11. The average Bonchev–Trinajstić information content (AvgIpc) is 2.05. The molecule has 0 fully saturated rings. The summed E-state index contributed by atoms with van der Waals surface area (Å²) in [5.74, 6) is 0. The first-order valence-electron chi connectivity index (χ1n) is 4.68. The lowest BCUT2D eigenvalue weighted by Crippen LogP contribution is -2.47. The molecule has 13 heavy (non-hydrogen) atoms. The minimum Gasteiger partial charge on any atom is -0.363 e. The molecule has 0 rings (SSSR count). The summed E-state index contributed by atoms with van der Waals surface area (Å²) < 4.78 is 16.4. The standard InChI is InChI=1S/C8H20O3SSi/c1-4-9-7(12)8(13,10-5-2)11-6-3/h7,12H,4-6H2,1-3,13H3. The van der Waals surface area contributed by atoms with Crippen molar-refractivity contribution in [1.29, 1.82) is 0 Å². The first-order chi connectivity index (χ1) is 6.10. The van der Waals surface area contributed by atoms with Gasteiger partial charge >= 0.3 is 0 Å². The molecule has 0 aromatic heterocycles. The van der Waals surface area contributed by atoms with Gasteiger partial charge in [0, 0.05) is 19.8 Å². The van der Waals surface area contributed by atoms with Crippen LogP contribution in [0.3, 0.4) is 0 Å². The number of hydrogen-bond acceptors (Lipinski definition) is 4. The second kappa shape index (κ2) is 6.84. The maximum atomic E-state index is 5.52. The van der Waals surface area contributed by atoms with Gasteiger partial charge in [0.25, 0.3) is 0 Å². The van der Waals surface area contributed by atoms with Gasteiger partial charge in [0.2, 0.25) is 0 Å². The molecule has 3 nitrogen and oxygen atoms in total. The molecule has 0 saturated heterocycles. The van der Waals surface area contributed by atoms with Crippen LogP contribution < -0.4 is 0 Å². The summed E-state index contributed by atoms with van der Waals surface area (Å²) in [6.45, 7) is 7.68. The van der Waals surface area contributed by atoms with Crippen LogP contribution in [-0.4, -0.2) is 40.9 Å². The van der Waals surface area contributed by atoms with E-state index < -0.39 is 5.41 Å². The van der Waals surface area contributed by atoms with Crippen molar-refractivity contribution in [3.8, 4) is 0 Å². The number of hydrogen-bond donors (Lipinski definition) is 1. The van der Waals surface area contributed by atoms with Gasteiger partial charge < -0.3 is 14.2 Å². The zero-order valence-corrected chi connectivity index (χ0v) is 11.8. The lowest BCUT2D eigenvalue weighted by molar-refractivity contribution is -0.211. The van der Waals surface area contributed by atoms with E-state index in [1.54, 1.807) is 0 Å². The van der Waals surface area contributed by atoms with Crippen LogP contribution in [0, 0.1) is 0 Å². The van der Waals surface area contributed by atoms with Crippen molar-refractivity contribution in [3.63, 3.8) is 0 Å². The molecule has 0 aromatic carbocycles. The van der Waals surface area contributed by atoms with Crippen molar-refractivity contribution < 1.29 is 14.2 Å². The molecule has 1 atom stereocenters. The molecule has 80 valence electrons. The molecule has 5 heteroatoms. The molecule has 1 unspecified atom stereocenters. The van der Waals surface area contributed by atoms with E-state index >= 15 is 0 Å². The summed E-state index contributed by atoms with van der Waals surface area (Å²) in [6, 6.07) is 0. The molecule has 0 bridgehead atoms. The van der Waals surface area contributed by atoms with Gasteiger partial charge in [-0.3, -0.25) is 0 Å². The van der Waals surface area contributed by atoms with Crippen LogP contribution >= 0.6 is 12.6 Å². The van der Waals surface area contributed by atoms with Crippen molar-refractivity contribution >= 4 is 22.9 Å². The Hall–Kier alpha value is 0.447. The van der Waals surface area contributed by atoms with Crippen LogP contribution in [0.15, 0.2) is 0 Å². The first kappa shape index (κ1) is 13.4. The Kier molecular flexibility index (Phi) is 7.07. The van der Waals surface area contributed by atoms with Crippen LogP contribution in [0.2, 0.25) is 0 Å². The quantitative estimate of drug-likeness (QED) is 0.385. The Morgan fingerprint density at radius 3 is 1.92 bits per heavy atom. The number of rotatable bonds is 7. The number of ether oxygens (including phenoxy) is 3. The summed E-state index contributed by atoms with van der Waals surface area (Å²) in [4.78, 5) is 0. The van der Waals surface area contributed by atoms with Crippen molar-refractivity contribution in [1.82, 2.24) is 0 Å². The lowest BCUT2D eigenvalue weighted by atomic mass is 10.6. The Balaban J connectivity index is 4.18. The molecule has 0 heterocycles. The summed E-state index contributed by atoms with van der Waals surface area (Å²) in [5.41, 5.74) is -0.896. The van der Waals surface area contributed by atoms with E-state index in [4.69, 9.17) is 14.2 Å². The molecule has 0 spiro atoms. The summed E-state index contributed by atoms with van der Waals surface area (Å²) >= 11 is 4.32. The third-order valence-electron chi connectivity index (χ3n) is 1.63. The van der Waals surface area contributed by atoms with Crippen LogP contribution in [0.25, 0.3) is 0 Å². The van der Waals surface area contributed by atoms with Crippen molar-refractivity contribution in [2.24, 2.45) is 0 Å². The average molecular weight is 224 g/mol. The second-order valence-corrected chi connectivity index (χ2v) is 4.55. The highest BCUT2D eigenvalue weighted by Crippen LogP contribution is 2.20. The van der Waals surface area contributed by atoms with Crippen LogP contribution in [0.4, 0.5) is 0 Å². The van der Waals surface area contributed by atoms with Gasteiger partial charge in [-0.25, -0.2) is 0 Å². The Labute approximate surface area is 89.0 Å². The minimum absolute atomic E-state index is 0.288. The maximum Gasteiger partial charge on any atom is 0.175 e. The second-order valence-electron chi connectivity index (χ2n) is 2.69. The number of thiol groups is 1.